The minimum Gasteiger partial charge on any atom is -0.274 e. The predicted molar refractivity (Wildman–Crippen MR) is 144 cm³/mol. The zero-order valence-corrected chi connectivity index (χ0v) is 23.2. The van der Waals surface area contributed by atoms with Crippen molar-refractivity contribution >= 4 is 60.8 Å². The van der Waals surface area contributed by atoms with Crippen LogP contribution in [0, 0.1) is 6.92 Å². The second-order valence-corrected chi connectivity index (χ2v) is 13.0. The lowest BCUT2D eigenvalue weighted by molar-refractivity contribution is -0.122. The Morgan fingerprint density at radius 3 is 2.18 bits per heavy atom. The van der Waals surface area contributed by atoms with Crippen LogP contribution < -0.4 is 10.0 Å². The van der Waals surface area contributed by atoms with Gasteiger partial charge in [-0.15, -0.1) is 0 Å². The average Bonchev–Trinajstić information content (AvgIpc) is 3.14. The van der Waals surface area contributed by atoms with Gasteiger partial charge in [-0.05, 0) is 61.4 Å². The number of hydrogen-bond donors (Lipinski definition) is 1. The van der Waals surface area contributed by atoms with Crippen LogP contribution in [0.3, 0.4) is 0 Å². The Kier molecular flexibility index (Phi) is 7.99. The third kappa shape index (κ3) is 5.78. The van der Waals surface area contributed by atoms with E-state index in [4.69, 9.17) is 28.3 Å². The van der Waals surface area contributed by atoms with Crippen molar-refractivity contribution in [3.8, 4) is 0 Å². The molecule has 0 saturated carbocycles. The Bertz CT molecular complexity index is 1610. The largest absolute Gasteiger partial charge is 0.274 e. The van der Waals surface area contributed by atoms with Crippen molar-refractivity contribution in [1.82, 2.24) is 4.31 Å². The van der Waals surface area contributed by atoms with E-state index in [0.717, 1.165) is 14.8 Å². The van der Waals surface area contributed by atoms with Crippen LogP contribution in [0.5, 0.6) is 0 Å². The molecule has 1 fully saturated rings. The molecule has 1 aliphatic rings. The summed E-state index contributed by atoms with van der Waals surface area (Å²) < 4.78 is 51.8. The highest BCUT2D eigenvalue weighted by atomic mass is 35.5. The second kappa shape index (κ2) is 10.8. The summed E-state index contributed by atoms with van der Waals surface area (Å²) in [4.78, 5) is 27.0. The number of aryl methyl sites for hydroxylation is 1. The molecule has 2 amide bonds. The summed E-state index contributed by atoms with van der Waals surface area (Å²) in [6.45, 7) is 1.66. The molecule has 2 N–H and O–H groups in total. The first-order chi connectivity index (χ1) is 17.8. The number of nitrogens with zero attached hydrogens (tertiary/aromatic N) is 2. The normalized spacial score (nSPS) is 16.4. The summed E-state index contributed by atoms with van der Waals surface area (Å²) in [6, 6.07) is 15.0. The number of primary sulfonamides is 1. The lowest BCUT2D eigenvalue weighted by Crippen LogP contribution is -2.46. The van der Waals surface area contributed by atoms with Crippen molar-refractivity contribution < 1.29 is 26.4 Å². The number of nitrogens with two attached hydrogens (primary N) is 1. The Hall–Kier alpha value is -2.80. The SMILES string of the molecule is Cc1ccc(N2C(=O)CC(N(CCc3ccc(S(N)(=O)=O)cc3)S(=O)(=O)c3cc(Cl)ccc3Cl)C2=O)cc1. The molecular weight excluding hydrogens is 573 g/mol. The van der Waals surface area contributed by atoms with E-state index in [1.807, 2.05) is 6.92 Å². The van der Waals surface area contributed by atoms with Gasteiger partial charge in [-0.25, -0.2) is 26.9 Å². The van der Waals surface area contributed by atoms with Gasteiger partial charge >= 0.3 is 0 Å². The Morgan fingerprint density at radius 1 is 0.947 bits per heavy atom. The van der Waals surface area contributed by atoms with Gasteiger partial charge in [-0.1, -0.05) is 53.0 Å². The zero-order valence-electron chi connectivity index (χ0n) is 20.0. The van der Waals surface area contributed by atoms with Crippen molar-refractivity contribution in [3.05, 3.63) is 87.9 Å². The quantitative estimate of drug-likeness (QED) is 0.396. The highest BCUT2D eigenvalue weighted by molar-refractivity contribution is 7.89. The van der Waals surface area contributed by atoms with E-state index in [9.17, 15) is 26.4 Å². The van der Waals surface area contributed by atoms with E-state index in [1.54, 1.807) is 24.3 Å². The molecule has 1 unspecified atom stereocenters. The monoisotopic (exact) mass is 595 g/mol. The molecule has 3 aromatic rings. The highest BCUT2D eigenvalue weighted by Gasteiger charge is 2.47. The molecule has 1 atom stereocenters. The summed E-state index contributed by atoms with van der Waals surface area (Å²) >= 11 is 12.3. The van der Waals surface area contributed by atoms with Gasteiger partial charge in [0.15, 0.2) is 0 Å². The summed E-state index contributed by atoms with van der Waals surface area (Å²) in [5.74, 6) is -1.23. The number of amides is 2. The number of hydrogen-bond acceptors (Lipinski definition) is 6. The molecule has 200 valence electrons. The fraction of sp³-hybridized carbons (Fsp3) is 0.200. The van der Waals surface area contributed by atoms with Gasteiger partial charge in [0.1, 0.15) is 10.9 Å². The maximum Gasteiger partial charge on any atom is 0.252 e. The second-order valence-electron chi connectivity index (χ2n) is 8.75. The van der Waals surface area contributed by atoms with Crippen LogP contribution in [-0.2, 0) is 36.1 Å². The van der Waals surface area contributed by atoms with E-state index < -0.39 is 37.9 Å². The molecule has 4 rings (SSSR count). The van der Waals surface area contributed by atoms with E-state index in [2.05, 4.69) is 0 Å². The Morgan fingerprint density at radius 2 is 1.58 bits per heavy atom. The maximum atomic E-state index is 13.8. The average molecular weight is 597 g/mol. The van der Waals surface area contributed by atoms with Crippen molar-refractivity contribution in [3.63, 3.8) is 0 Å². The van der Waals surface area contributed by atoms with Crippen LogP contribution in [0.1, 0.15) is 17.5 Å². The van der Waals surface area contributed by atoms with Gasteiger partial charge in [0, 0.05) is 11.6 Å². The molecule has 13 heteroatoms. The fourth-order valence-corrected chi connectivity index (χ4v) is 6.97. The van der Waals surface area contributed by atoms with E-state index in [0.29, 0.717) is 11.3 Å². The molecule has 0 aliphatic carbocycles. The highest BCUT2D eigenvalue weighted by Crippen LogP contribution is 2.33. The zero-order chi connectivity index (χ0) is 27.8. The number of sulfonamides is 2. The summed E-state index contributed by atoms with van der Waals surface area (Å²) in [7, 11) is -8.31. The maximum absolute atomic E-state index is 13.8. The first-order valence-corrected chi connectivity index (χ1v) is 15.1. The lowest BCUT2D eigenvalue weighted by atomic mass is 10.1. The molecule has 0 bridgehead atoms. The standard InChI is InChI=1S/C25H23Cl2N3O6S2/c1-16-2-7-19(8-3-16)30-24(31)15-22(25(30)32)29(38(35,36)23-14-18(26)6-11-21(23)27)13-12-17-4-9-20(10-5-17)37(28,33)34/h2-11,14,22H,12-13,15H2,1H3,(H2,28,33,34). The minimum absolute atomic E-state index is 0.0935. The molecule has 0 aromatic heterocycles. The molecular formula is C25H23Cl2N3O6S2. The topological polar surface area (TPSA) is 135 Å². The minimum atomic E-state index is -4.41. The Labute approximate surface area is 230 Å². The molecule has 0 radical (unpaired) electrons. The predicted octanol–water partition coefficient (Wildman–Crippen LogP) is 3.51. The number of halogens is 2. The molecule has 1 aliphatic heterocycles. The van der Waals surface area contributed by atoms with Crippen molar-refractivity contribution in [2.75, 3.05) is 11.4 Å². The van der Waals surface area contributed by atoms with Gasteiger partial charge < -0.3 is 0 Å². The van der Waals surface area contributed by atoms with Gasteiger partial charge in [-0.2, -0.15) is 4.31 Å². The molecule has 9 nitrogen and oxygen atoms in total. The molecule has 1 saturated heterocycles. The first kappa shape index (κ1) is 28.2. The number of rotatable bonds is 8. The van der Waals surface area contributed by atoms with Crippen LogP contribution in [0.2, 0.25) is 10.0 Å². The van der Waals surface area contributed by atoms with E-state index in [-0.39, 0.29) is 39.2 Å². The van der Waals surface area contributed by atoms with E-state index >= 15 is 0 Å². The van der Waals surface area contributed by atoms with Gasteiger partial charge in [0.25, 0.3) is 5.91 Å². The third-order valence-corrected chi connectivity index (χ3v) is 9.67. The summed E-state index contributed by atoms with van der Waals surface area (Å²) in [5, 5.41) is 5.18. The van der Waals surface area contributed by atoms with E-state index in [1.165, 1.54) is 42.5 Å². The Balaban J connectivity index is 1.71. The van der Waals surface area contributed by atoms with Crippen LogP contribution in [0.4, 0.5) is 5.69 Å². The molecule has 1 heterocycles. The van der Waals surface area contributed by atoms with Gasteiger partial charge in [0.05, 0.1) is 22.0 Å². The number of imide groups is 1. The van der Waals surface area contributed by atoms with Crippen LogP contribution in [0.15, 0.2) is 76.5 Å². The van der Waals surface area contributed by atoms with Gasteiger partial charge in [0.2, 0.25) is 26.0 Å². The molecule has 38 heavy (non-hydrogen) atoms. The lowest BCUT2D eigenvalue weighted by Gasteiger charge is -2.27. The first-order valence-electron chi connectivity index (χ1n) is 11.3. The molecule has 3 aromatic carbocycles. The van der Waals surface area contributed by atoms with Crippen molar-refractivity contribution in [2.45, 2.75) is 35.6 Å². The van der Waals surface area contributed by atoms with Crippen molar-refractivity contribution in [2.24, 2.45) is 5.14 Å². The number of anilines is 1. The number of benzene rings is 3. The number of carbonyl (C=O) groups is 2. The smallest absolute Gasteiger partial charge is 0.252 e. The molecule has 0 spiro atoms. The van der Waals surface area contributed by atoms with Gasteiger partial charge in [-0.3, -0.25) is 9.59 Å². The van der Waals surface area contributed by atoms with Crippen LogP contribution in [0.25, 0.3) is 0 Å². The number of carbonyl (C=O) groups excluding carboxylic acids is 2. The van der Waals surface area contributed by atoms with Crippen molar-refractivity contribution in [1.29, 1.82) is 0 Å². The fourth-order valence-electron chi connectivity index (χ4n) is 4.14. The third-order valence-electron chi connectivity index (χ3n) is 6.12. The summed E-state index contributed by atoms with van der Waals surface area (Å²) in [6.07, 6.45) is -0.265. The van der Waals surface area contributed by atoms with Crippen LogP contribution in [-0.4, -0.2) is 45.5 Å². The summed E-state index contributed by atoms with van der Waals surface area (Å²) in [5.41, 5.74) is 1.85. The van der Waals surface area contributed by atoms with Crippen LogP contribution >= 0.6 is 23.2 Å².